The average molecular weight is 472 g/mol. The van der Waals surface area contributed by atoms with E-state index in [1.807, 2.05) is 10.9 Å². The minimum absolute atomic E-state index is 0.0944. The lowest BCUT2D eigenvalue weighted by Gasteiger charge is -2.22. The summed E-state index contributed by atoms with van der Waals surface area (Å²) in [5.41, 5.74) is 2.56. The summed E-state index contributed by atoms with van der Waals surface area (Å²) >= 11 is 0. The summed E-state index contributed by atoms with van der Waals surface area (Å²) in [4.78, 5) is 4.66. The van der Waals surface area contributed by atoms with Crippen LogP contribution in [0.5, 0.6) is 5.75 Å². The first kappa shape index (κ1) is 22.2. The van der Waals surface area contributed by atoms with Gasteiger partial charge in [0.15, 0.2) is 5.65 Å². The summed E-state index contributed by atoms with van der Waals surface area (Å²) in [5.74, 6) is -0.165. The summed E-state index contributed by atoms with van der Waals surface area (Å²) in [6.45, 7) is 0.151. The van der Waals surface area contributed by atoms with Crippen LogP contribution < -0.4 is 10.1 Å². The number of fused-ring (bicyclic) bond motifs is 1. The molecule has 1 fully saturated rings. The molecule has 4 aromatic rings. The van der Waals surface area contributed by atoms with Crippen molar-refractivity contribution in [1.29, 1.82) is 0 Å². The van der Waals surface area contributed by atoms with Crippen molar-refractivity contribution in [3.8, 4) is 16.9 Å². The predicted molar refractivity (Wildman–Crippen MR) is 118 cm³/mol. The zero-order valence-corrected chi connectivity index (χ0v) is 18.4. The molecule has 4 heterocycles. The molecule has 0 spiro atoms. The molecule has 178 valence electrons. The minimum Gasteiger partial charge on any atom is -0.434 e. The van der Waals surface area contributed by atoms with Gasteiger partial charge in [-0.3, -0.25) is 4.68 Å². The van der Waals surface area contributed by atoms with Crippen molar-refractivity contribution in [3.63, 3.8) is 0 Å². The Morgan fingerprint density at radius 1 is 1.15 bits per heavy atom. The van der Waals surface area contributed by atoms with Crippen LogP contribution in [-0.4, -0.2) is 44.2 Å². The molecule has 1 saturated heterocycles. The fraction of sp³-hybridized carbons (Fsp3) is 0.348. The van der Waals surface area contributed by atoms with E-state index in [2.05, 4.69) is 25.2 Å². The van der Waals surface area contributed by atoms with Crippen molar-refractivity contribution in [1.82, 2.24) is 24.4 Å². The molecular formula is C23H23F3N6O2. The zero-order valence-electron chi connectivity index (χ0n) is 18.4. The molecule has 0 saturated carbocycles. The number of alkyl halides is 2. The third-order valence-corrected chi connectivity index (χ3v) is 5.87. The van der Waals surface area contributed by atoms with Crippen LogP contribution in [0.3, 0.4) is 0 Å². The van der Waals surface area contributed by atoms with Gasteiger partial charge in [-0.05, 0) is 44.0 Å². The van der Waals surface area contributed by atoms with Gasteiger partial charge in [0.1, 0.15) is 17.4 Å². The first-order chi connectivity index (χ1) is 16.5. The van der Waals surface area contributed by atoms with Gasteiger partial charge < -0.3 is 14.8 Å². The first-order valence-corrected chi connectivity index (χ1v) is 11.0. The van der Waals surface area contributed by atoms with Crippen LogP contribution in [0.4, 0.5) is 19.0 Å². The van der Waals surface area contributed by atoms with Gasteiger partial charge in [-0.25, -0.2) is 13.9 Å². The van der Waals surface area contributed by atoms with Crippen molar-refractivity contribution in [2.24, 2.45) is 0 Å². The number of nitrogens with one attached hydrogen (secondary N) is 1. The number of aromatic nitrogens is 5. The summed E-state index contributed by atoms with van der Waals surface area (Å²) in [7, 11) is 0. The van der Waals surface area contributed by atoms with E-state index in [1.54, 1.807) is 36.1 Å². The number of hydrogen-bond donors (Lipinski definition) is 1. The number of benzene rings is 1. The number of ether oxygens (including phenoxy) is 2. The molecule has 1 unspecified atom stereocenters. The molecule has 11 heteroatoms. The van der Waals surface area contributed by atoms with E-state index in [4.69, 9.17) is 4.74 Å². The second-order valence-electron chi connectivity index (χ2n) is 8.12. The van der Waals surface area contributed by atoms with E-state index >= 15 is 0 Å². The summed E-state index contributed by atoms with van der Waals surface area (Å²) in [5, 5.41) is 12.0. The Bertz CT molecular complexity index is 1280. The monoisotopic (exact) mass is 472 g/mol. The van der Waals surface area contributed by atoms with Crippen LogP contribution in [0.1, 0.15) is 37.4 Å². The molecule has 1 atom stereocenters. The standard InChI is InChI=1S/C23H23F3N6O2/c1-14(18-10-16(24)2-3-20(18)34-23(25)26)29-21-4-7-31-22(30-21)19(12-28-31)15-11-27-32(13-15)17-5-8-33-9-6-17/h2-4,7,10-14,17,23H,5-6,8-9H2,1H3,(H,29,30). The zero-order chi connectivity index (χ0) is 23.7. The van der Waals surface area contributed by atoms with Gasteiger partial charge in [-0.15, -0.1) is 0 Å². The summed E-state index contributed by atoms with van der Waals surface area (Å²) in [6, 6.07) is 4.89. The molecule has 5 rings (SSSR count). The van der Waals surface area contributed by atoms with E-state index in [0.717, 1.165) is 43.2 Å². The SMILES string of the molecule is CC(Nc1ccn2ncc(-c3cnn(C4CCOCC4)c3)c2n1)c1cc(F)ccc1OC(F)F. The first-order valence-electron chi connectivity index (χ1n) is 11.0. The van der Waals surface area contributed by atoms with Gasteiger partial charge in [0.2, 0.25) is 0 Å². The molecule has 0 amide bonds. The maximum atomic E-state index is 13.8. The minimum atomic E-state index is -3.01. The second kappa shape index (κ2) is 9.34. The third kappa shape index (κ3) is 4.56. The molecule has 0 aliphatic carbocycles. The van der Waals surface area contributed by atoms with E-state index in [-0.39, 0.29) is 11.3 Å². The Morgan fingerprint density at radius 3 is 2.76 bits per heavy atom. The normalized spacial score (nSPS) is 15.7. The maximum Gasteiger partial charge on any atom is 0.387 e. The fourth-order valence-electron chi connectivity index (χ4n) is 4.14. The van der Waals surface area contributed by atoms with Crippen LogP contribution in [0, 0.1) is 5.82 Å². The molecule has 1 N–H and O–H groups in total. The second-order valence-corrected chi connectivity index (χ2v) is 8.12. The number of halogens is 3. The molecule has 8 nitrogen and oxygen atoms in total. The average Bonchev–Trinajstić information content (AvgIpc) is 3.47. The van der Waals surface area contributed by atoms with E-state index in [1.165, 1.54) is 12.1 Å². The van der Waals surface area contributed by atoms with E-state index in [0.29, 0.717) is 17.5 Å². The van der Waals surface area contributed by atoms with Crippen LogP contribution in [0.15, 0.2) is 49.1 Å². The molecular weight excluding hydrogens is 449 g/mol. The van der Waals surface area contributed by atoms with Gasteiger partial charge in [-0.2, -0.15) is 19.0 Å². The number of rotatable bonds is 7. The number of anilines is 1. The highest BCUT2D eigenvalue weighted by Gasteiger charge is 2.20. The lowest BCUT2D eigenvalue weighted by Crippen LogP contribution is -2.19. The number of nitrogens with zero attached hydrogens (tertiary/aromatic N) is 5. The summed E-state index contributed by atoms with van der Waals surface area (Å²) in [6.07, 6.45) is 9.07. The largest absolute Gasteiger partial charge is 0.434 e. The molecule has 34 heavy (non-hydrogen) atoms. The lowest BCUT2D eigenvalue weighted by molar-refractivity contribution is -0.0505. The van der Waals surface area contributed by atoms with Gasteiger partial charge in [0, 0.05) is 42.3 Å². The van der Waals surface area contributed by atoms with E-state index in [9.17, 15) is 13.2 Å². The van der Waals surface area contributed by atoms with Crippen molar-refractivity contribution in [2.75, 3.05) is 18.5 Å². The molecule has 3 aromatic heterocycles. The summed E-state index contributed by atoms with van der Waals surface area (Å²) < 4.78 is 53.0. The van der Waals surface area contributed by atoms with Crippen molar-refractivity contribution >= 4 is 11.5 Å². The highest BCUT2D eigenvalue weighted by Crippen LogP contribution is 2.31. The number of hydrogen-bond acceptors (Lipinski definition) is 6. The molecule has 0 bridgehead atoms. The third-order valence-electron chi connectivity index (χ3n) is 5.87. The van der Waals surface area contributed by atoms with Gasteiger partial charge in [0.25, 0.3) is 0 Å². The molecule has 0 radical (unpaired) electrons. The quantitative estimate of drug-likeness (QED) is 0.414. The Labute approximate surface area is 193 Å². The lowest BCUT2D eigenvalue weighted by atomic mass is 10.1. The van der Waals surface area contributed by atoms with Crippen LogP contribution in [0.2, 0.25) is 0 Å². The van der Waals surface area contributed by atoms with Gasteiger partial charge in [0.05, 0.1) is 24.5 Å². The van der Waals surface area contributed by atoms with Gasteiger partial charge in [-0.1, -0.05) is 0 Å². The van der Waals surface area contributed by atoms with Crippen molar-refractivity contribution in [3.05, 3.63) is 60.4 Å². The fourth-order valence-corrected chi connectivity index (χ4v) is 4.14. The Balaban J connectivity index is 1.41. The topological polar surface area (TPSA) is 78.5 Å². The molecule has 1 aromatic carbocycles. The Hall–Kier alpha value is -3.60. The highest BCUT2D eigenvalue weighted by molar-refractivity contribution is 5.76. The Kier molecular flexibility index (Phi) is 6.10. The van der Waals surface area contributed by atoms with Crippen LogP contribution in [0.25, 0.3) is 16.8 Å². The van der Waals surface area contributed by atoms with Crippen LogP contribution in [-0.2, 0) is 4.74 Å². The van der Waals surface area contributed by atoms with Crippen molar-refractivity contribution < 1.29 is 22.6 Å². The smallest absolute Gasteiger partial charge is 0.387 e. The molecule has 1 aliphatic rings. The maximum absolute atomic E-state index is 13.8. The van der Waals surface area contributed by atoms with Gasteiger partial charge >= 0.3 is 6.61 Å². The van der Waals surface area contributed by atoms with E-state index < -0.39 is 18.5 Å². The Morgan fingerprint density at radius 2 is 1.97 bits per heavy atom. The van der Waals surface area contributed by atoms with Crippen molar-refractivity contribution in [2.45, 2.75) is 38.5 Å². The highest BCUT2D eigenvalue weighted by atomic mass is 19.3. The predicted octanol–water partition coefficient (Wildman–Crippen LogP) is 4.86. The molecule has 1 aliphatic heterocycles. The van der Waals surface area contributed by atoms with Crippen LogP contribution >= 0.6 is 0 Å².